The fourth-order valence-corrected chi connectivity index (χ4v) is 3.54. The topological polar surface area (TPSA) is 15.3 Å². The Morgan fingerprint density at radius 3 is 2.15 bits per heavy atom. The molecule has 0 radical (unpaired) electrons. The Balaban J connectivity index is 2.02. The van der Waals surface area contributed by atoms with E-state index in [-0.39, 0.29) is 0 Å². The minimum Gasteiger partial charge on any atom is -0.308 e. The standard InChI is InChI=1S/C18H30N2/c1-14-10-15(2)12-17(11-14)16(3)19-13-18(20(4)5)8-6-7-9-18/h10-12,16,19H,6-9,13H2,1-5H3. The third kappa shape index (κ3) is 3.42. The monoisotopic (exact) mass is 274 g/mol. The van der Waals surface area contributed by atoms with E-state index in [0.29, 0.717) is 11.6 Å². The first kappa shape index (κ1) is 15.5. The Kier molecular flexibility index (Phi) is 4.87. The van der Waals surface area contributed by atoms with Crippen LogP contribution in [0.3, 0.4) is 0 Å². The van der Waals surface area contributed by atoms with Crippen LogP contribution in [0.2, 0.25) is 0 Å². The van der Waals surface area contributed by atoms with Crippen LogP contribution in [0.4, 0.5) is 0 Å². The summed E-state index contributed by atoms with van der Waals surface area (Å²) in [5.74, 6) is 0. The van der Waals surface area contributed by atoms with E-state index >= 15 is 0 Å². The van der Waals surface area contributed by atoms with Gasteiger partial charge < -0.3 is 10.2 Å². The van der Waals surface area contributed by atoms with Crippen molar-refractivity contribution in [2.75, 3.05) is 20.6 Å². The van der Waals surface area contributed by atoms with Gasteiger partial charge >= 0.3 is 0 Å². The molecular weight excluding hydrogens is 244 g/mol. The summed E-state index contributed by atoms with van der Waals surface area (Å²) in [6, 6.07) is 7.28. The van der Waals surface area contributed by atoms with Crippen LogP contribution in [-0.2, 0) is 0 Å². The molecule has 1 N–H and O–H groups in total. The van der Waals surface area contributed by atoms with Gasteiger partial charge in [-0.05, 0) is 53.3 Å². The lowest BCUT2D eigenvalue weighted by atomic mass is 9.94. The van der Waals surface area contributed by atoms with Crippen molar-refractivity contribution in [1.82, 2.24) is 10.2 Å². The number of nitrogens with one attached hydrogen (secondary N) is 1. The van der Waals surface area contributed by atoms with Gasteiger partial charge in [0.2, 0.25) is 0 Å². The van der Waals surface area contributed by atoms with E-state index in [4.69, 9.17) is 0 Å². The minimum atomic E-state index is 0.368. The van der Waals surface area contributed by atoms with Gasteiger partial charge in [-0.25, -0.2) is 0 Å². The van der Waals surface area contributed by atoms with E-state index in [9.17, 15) is 0 Å². The van der Waals surface area contributed by atoms with Gasteiger partial charge in [-0.3, -0.25) is 0 Å². The fourth-order valence-electron chi connectivity index (χ4n) is 3.54. The fraction of sp³-hybridized carbons (Fsp3) is 0.667. The highest BCUT2D eigenvalue weighted by Crippen LogP contribution is 2.33. The predicted molar refractivity (Wildman–Crippen MR) is 87.2 cm³/mol. The third-order valence-electron chi connectivity index (χ3n) is 4.96. The second kappa shape index (κ2) is 6.28. The van der Waals surface area contributed by atoms with Crippen LogP contribution in [0.1, 0.15) is 55.3 Å². The van der Waals surface area contributed by atoms with E-state index < -0.39 is 0 Å². The van der Waals surface area contributed by atoms with Gasteiger partial charge in [0, 0.05) is 18.1 Å². The molecule has 2 heteroatoms. The summed E-state index contributed by atoms with van der Waals surface area (Å²) in [6.07, 6.45) is 5.40. The number of nitrogens with zero attached hydrogens (tertiary/aromatic N) is 1. The van der Waals surface area contributed by atoms with E-state index in [1.807, 2.05) is 0 Å². The average molecular weight is 274 g/mol. The van der Waals surface area contributed by atoms with Gasteiger partial charge in [-0.2, -0.15) is 0 Å². The lowest BCUT2D eigenvalue weighted by molar-refractivity contribution is 0.150. The zero-order valence-electron chi connectivity index (χ0n) is 13.8. The first-order valence-corrected chi connectivity index (χ1v) is 7.92. The molecule has 2 nitrogen and oxygen atoms in total. The van der Waals surface area contributed by atoms with Crippen molar-refractivity contribution in [2.24, 2.45) is 0 Å². The summed E-state index contributed by atoms with van der Waals surface area (Å²) >= 11 is 0. The molecule has 1 aromatic rings. The van der Waals surface area contributed by atoms with Gasteiger partial charge in [-0.15, -0.1) is 0 Å². The number of likely N-dealkylation sites (N-methyl/N-ethyl adjacent to an activating group) is 1. The lowest BCUT2D eigenvalue weighted by Gasteiger charge is -2.37. The smallest absolute Gasteiger partial charge is 0.0328 e. The lowest BCUT2D eigenvalue weighted by Crippen LogP contribution is -2.50. The summed E-state index contributed by atoms with van der Waals surface area (Å²) in [7, 11) is 4.46. The van der Waals surface area contributed by atoms with Crippen molar-refractivity contribution >= 4 is 0 Å². The molecule has 2 rings (SSSR count). The number of rotatable bonds is 5. The molecule has 0 bridgehead atoms. The summed E-state index contributed by atoms with van der Waals surface area (Å²) in [5.41, 5.74) is 4.50. The Morgan fingerprint density at radius 1 is 1.10 bits per heavy atom. The maximum absolute atomic E-state index is 3.78. The molecule has 1 aliphatic rings. The van der Waals surface area contributed by atoms with Crippen molar-refractivity contribution in [3.05, 3.63) is 34.9 Å². The van der Waals surface area contributed by atoms with Crippen LogP contribution in [0.25, 0.3) is 0 Å². The maximum atomic E-state index is 3.78. The second-order valence-corrected chi connectivity index (χ2v) is 6.85. The highest BCUT2D eigenvalue weighted by atomic mass is 15.2. The van der Waals surface area contributed by atoms with Gasteiger partial charge in [-0.1, -0.05) is 42.2 Å². The number of benzene rings is 1. The molecule has 0 saturated heterocycles. The Labute approximate surface area is 124 Å². The van der Waals surface area contributed by atoms with Crippen molar-refractivity contribution in [3.8, 4) is 0 Å². The number of hydrogen-bond donors (Lipinski definition) is 1. The van der Waals surface area contributed by atoms with Crippen LogP contribution >= 0.6 is 0 Å². The molecule has 1 aliphatic carbocycles. The van der Waals surface area contributed by atoms with Crippen molar-refractivity contribution in [1.29, 1.82) is 0 Å². The quantitative estimate of drug-likeness (QED) is 0.878. The largest absolute Gasteiger partial charge is 0.308 e. The first-order valence-electron chi connectivity index (χ1n) is 7.92. The van der Waals surface area contributed by atoms with Gasteiger partial charge in [0.15, 0.2) is 0 Å². The average Bonchev–Trinajstić information content (AvgIpc) is 2.84. The van der Waals surface area contributed by atoms with Gasteiger partial charge in [0.25, 0.3) is 0 Å². The molecule has 0 amide bonds. The van der Waals surface area contributed by atoms with Crippen LogP contribution in [0.15, 0.2) is 18.2 Å². The zero-order chi connectivity index (χ0) is 14.8. The Bertz CT molecular complexity index is 424. The molecule has 1 fully saturated rings. The van der Waals surface area contributed by atoms with Crippen molar-refractivity contribution < 1.29 is 0 Å². The highest BCUT2D eigenvalue weighted by molar-refractivity contribution is 5.30. The highest BCUT2D eigenvalue weighted by Gasteiger charge is 2.35. The van der Waals surface area contributed by atoms with Crippen LogP contribution in [0, 0.1) is 13.8 Å². The maximum Gasteiger partial charge on any atom is 0.0328 e. The summed E-state index contributed by atoms with van der Waals surface area (Å²) in [4.78, 5) is 2.43. The third-order valence-corrected chi connectivity index (χ3v) is 4.96. The first-order chi connectivity index (χ1) is 9.43. The molecule has 20 heavy (non-hydrogen) atoms. The van der Waals surface area contributed by atoms with Crippen LogP contribution in [0.5, 0.6) is 0 Å². The molecule has 1 aromatic carbocycles. The molecule has 1 saturated carbocycles. The predicted octanol–water partition coefficient (Wildman–Crippen LogP) is 3.83. The molecule has 1 unspecified atom stereocenters. The minimum absolute atomic E-state index is 0.368. The van der Waals surface area contributed by atoms with E-state index in [2.05, 4.69) is 63.3 Å². The van der Waals surface area contributed by atoms with Gasteiger partial charge in [0.05, 0.1) is 0 Å². The molecule has 0 heterocycles. The molecule has 0 aliphatic heterocycles. The summed E-state index contributed by atoms with van der Waals surface area (Å²) in [6.45, 7) is 7.74. The molecular formula is C18H30N2. The number of hydrogen-bond acceptors (Lipinski definition) is 2. The van der Waals surface area contributed by atoms with Crippen molar-refractivity contribution in [3.63, 3.8) is 0 Å². The second-order valence-electron chi connectivity index (χ2n) is 6.85. The van der Waals surface area contributed by atoms with Gasteiger partial charge in [0.1, 0.15) is 0 Å². The van der Waals surface area contributed by atoms with Crippen molar-refractivity contribution in [2.45, 2.75) is 58.0 Å². The van der Waals surface area contributed by atoms with Crippen LogP contribution in [-0.4, -0.2) is 31.1 Å². The Morgan fingerprint density at radius 2 is 1.65 bits per heavy atom. The molecule has 112 valence electrons. The molecule has 0 aromatic heterocycles. The number of aryl methyl sites for hydroxylation is 2. The van der Waals surface area contributed by atoms with Crippen LogP contribution < -0.4 is 5.32 Å². The molecule has 1 atom stereocenters. The van der Waals surface area contributed by atoms with E-state index in [1.165, 1.54) is 42.4 Å². The SMILES string of the molecule is Cc1cc(C)cc(C(C)NCC2(N(C)C)CCCC2)c1. The normalized spacial score (nSPS) is 19.5. The van der Waals surface area contributed by atoms with E-state index in [1.54, 1.807) is 0 Å². The molecule has 0 spiro atoms. The summed E-state index contributed by atoms with van der Waals surface area (Å²) in [5, 5.41) is 3.78. The van der Waals surface area contributed by atoms with E-state index in [0.717, 1.165) is 6.54 Å². The Hall–Kier alpha value is -0.860. The zero-order valence-corrected chi connectivity index (χ0v) is 13.8. The summed E-state index contributed by atoms with van der Waals surface area (Å²) < 4.78 is 0.